The lowest BCUT2D eigenvalue weighted by molar-refractivity contribution is 0.0599. The summed E-state index contributed by atoms with van der Waals surface area (Å²) in [6, 6.07) is 6.64. The Balaban J connectivity index is 2.86. The highest BCUT2D eigenvalue weighted by Gasteiger charge is 2.09. The van der Waals surface area contributed by atoms with Crippen LogP contribution in [0.15, 0.2) is 24.3 Å². The van der Waals surface area contributed by atoms with Gasteiger partial charge < -0.3 is 9.29 Å². The summed E-state index contributed by atoms with van der Waals surface area (Å²) in [5.41, 5.74) is 0.937. The molecule has 5 nitrogen and oxygen atoms in total. The Bertz CT molecular complexity index is 380. The van der Waals surface area contributed by atoms with Crippen molar-refractivity contribution in [2.24, 2.45) is 0 Å². The van der Waals surface area contributed by atoms with E-state index in [4.69, 9.17) is 0 Å². The highest BCUT2D eigenvalue weighted by atomic mass is 32.2. The van der Waals surface area contributed by atoms with Gasteiger partial charge >= 0.3 is 5.97 Å². The quantitative estimate of drug-likeness (QED) is 0.596. The average molecular weight is 228 g/mol. The number of nitrogens with one attached hydrogen (secondary N) is 1. The fraction of sp³-hybridized carbons (Fsp3) is 0.222. The fourth-order valence-electron chi connectivity index (χ4n) is 1.12. The second-order valence-electron chi connectivity index (χ2n) is 2.70. The number of carbonyl (C=O) groups is 1. The number of ether oxygens (including phenoxy) is 1. The number of hydrogen-bond acceptors (Lipinski definition) is 4. The minimum atomic E-state index is -2.34. The van der Waals surface area contributed by atoms with E-state index >= 15 is 0 Å². The molecule has 0 aliphatic heterocycles. The zero-order chi connectivity index (χ0) is 11.3. The Labute approximate surface area is 89.9 Å². The minimum Gasteiger partial charge on any atom is -0.760 e. The maximum Gasteiger partial charge on any atom is 0.338 e. The predicted molar refractivity (Wildman–Crippen MR) is 53.5 cm³/mol. The largest absolute Gasteiger partial charge is 0.760 e. The second-order valence-corrected chi connectivity index (χ2v) is 3.46. The van der Waals surface area contributed by atoms with Crippen LogP contribution in [0.4, 0.5) is 0 Å². The molecule has 1 N–H and O–H groups in total. The standard InChI is InChI=1S/C9H11NO4S/c1-14-9(11)8-5-3-2-4-7(8)6-10-15(12)13/h2-5,10H,6H2,1H3,(H,12,13)/p-1. The van der Waals surface area contributed by atoms with Crippen LogP contribution >= 0.6 is 0 Å². The molecule has 0 aromatic heterocycles. The van der Waals surface area contributed by atoms with E-state index in [1.165, 1.54) is 7.11 Å². The van der Waals surface area contributed by atoms with E-state index in [2.05, 4.69) is 9.46 Å². The summed E-state index contributed by atoms with van der Waals surface area (Å²) in [4.78, 5) is 11.3. The van der Waals surface area contributed by atoms with E-state index in [0.29, 0.717) is 11.1 Å². The van der Waals surface area contributed by atoms with Crippen molar-refractivity contribution in [1.29, 1.82) is 0 Å². The Hall–Kier alpha value is -1.24. The van der Waals surface area contributed by atoms with Crippen molar-refractivity contribution in [2.45, 2.75) is 6.54 Å². The number of rotatable bonds is 4. The molecule has 6 heteroatoms. The van der Waals surface area contributed by atoms with Crippen LogP contribution in [-0.2, 0) is 22.5 Å². The number of hydrogen-bond donors (Lipinski definition) is 1. The molecule has 1 aromatic rings. The molecule has 1 aromatic carbocycles. The lowest BCUT2D eigenvalue weighted by Gasteiger charge is -2.10. The van der Waals surface area contributed by atoms with Crippen LogP contribution < -0.4 is 4.72 Å². The average Bonchev–Trinajstić information content (AvgIpc) is 2.25. The Morgan fingerprint density at radius 3 is 2.80 bits per heavy atom. The first kappa shape index (κ1) is 11.8. The first-order chi connectivity index (χ1) is 7.15. The van der Waals surface area contributed by atoms with Crippen LogP contribution in [-0.4, -0.2) is 21.8 Å². The van der Waals surface area contributed by atoms with Gasteiger partial charge in [-0.2, -0.15) is 0 Å². The first-order valence-electron chi connectivity index (χ1n) is 4.14. The molecule has 0 spiro atoms. The molecule has 0 radical (unpaired) electrons. The SMILES string of the molecule is COC(=O)c1ccccc1CNS(=O)[O-]. The normalized spacial score (nSPS) is 12.1. The minimum absolute atomic E-state index is 0.0708. The van der Waals surface area contributed by atoms with Gasteiger partial charge in [-0.15, -0.1) is 0 Å². The van der Waals surface area contributed by atoms with Gasteiger partial charge in [0.15, 0.2) is 0 Å². The van der Waals surface area contributed by atoms with E-state index in [-0.39, 0.29) is 6.54 Å². The number of methoxy groups -OCH3 is 1. The van der Waals surface area contributed by atoms with Crippen molar-refractivity contribution in [1.82, 2.24) is 4.72 Å². The van der Waals surface area contributed by atoms with E-state index in [9.17, 15) is 13.6 Å². The smallest absolute Gasteiger partial charge is 0.338 e. The summed E-state index contributed by atoms with van der Waals surface area (Å²) in [5, 5.41) is 0. The Kier molecular flexibility index (Phi) is 4.41. The molecule has 0 saturated heterocycles. The molecule has 1 unspecified atom stereocenters. The zero-order valence-electron chi connectivity index (χ0n) is 8.06. The highest BCUT2D eigenvalue weighted by molar-refractivity contribution is 7.77. The van der Waals surface area contributed by atoms with E-state index in [1.807, 2.05) is 0 Å². The van der Waals surface area contributed by atoms with Gasteiger partial charge in [-0.25, -0.2) is 9.52 Å². The second kappa shape index (κ2) is 5.59. The van der Waals surface area contributed by atoms with Gasteiger partial charge in [0.05, 0.1) is 12.7 Å². The summed E-state index contributed by atoms with van der Waals surface area (Å²) in [5.74, 6) is -0.482. The van der Waals surface area contributed by atoms with Crippen LogP contribution in [0.2, 0.25) is 0 Å². The number of carbonyl (C=O) groups excluding carboxylic acids is 1. The molecule has 82 valence electrons. The summed E-state index contributed by atoms with van der Waals surface area (Å²) in [6.07, 6.45) is 0. The van der Waals surface area contributed by atoms with Gasteiger partial charge in [0.1, 0.15) is 0 Å². The van der Waals surface area contributed by atoms with Gasteiger partial charge in [-0.3, -0.25) is 4.21 Å². The maximum atomic E-state index is 11.3. The van der Waals surface area contributed by atoms with Crippen molar-refractivity contribution in [3.8, 4) is 0 Å². The molecule has 1 rings (SSSR count). The zero-order valence-corrected chi connectivity index (χ0v) is 8.87. The lowest BCUT2D eigenvalue weighted by atomic mass is 10.1. The molecule has 0 saturated carbocycles. The molecular weight excluding hydrogens is 218 g/mol. The number of benzene rings is 1. The number of esters is 1. The van der Waals surface area contributed by atoms with Crippen molar-refractivity contribution in [3.63, 3.8) is 0 Å². The third-order valence-electron chi connectivity index (χ3n) is 1.80. The van der Waals surface area contributed by atoms with Crippen LogP contribution in [0.5, 0.6) is 0 Å². The third-order valence-corrected chi connectivity index (χ3v) is 2.18. The Morgan fingerprint density at radius 2 is 2.20 bits per heavy atom. The van der Waals surface area contributed by atoms with Gasteiger partial charge in [-0.05, 0) is 11.6 Å². The van der Waals surface area contributed by atoms with Gasteiger partial charge in [0, 0.05) is 17.8 Å². The van der Waals surface area contributed by atoms with Crippen molar-refractivity contribution >= 4 is 17.2 Å². The molecule has 1 atom stereocenters. The maximum absolute atomic E-state index is 11.3. The van der Waals surface area contributed by atoms with E-state index in [0.717, 1.165) is 0 Å². The topological polar surface area (TPSA) is 78.5 Å². The molecular formula is C9H10NO4S-. The van der Waals surface area contributed by atoms with Crippen LogP contribution in [0, 0.1) is 0 Å². The van der Waals surface area contributed by atoms with Crippen LogP contribution in [0.25, 0.3) is 0 Å². The fourth-order valence-corrected chi connectivity index (χ4v) is 1.39. The lowest BCUT2D eigenvalue weighted by Crippen LogP contribution is -2.18. The van der Waals surface area contributed by atoms with Gasteiger partial charge in [0.25, 0.3) is 0 Å². The summed E-state index contributed by atoms with van der Waals surface area (Å²) >= 11 is -2.34. The third kappa shape index (κ3) is 3.43. The van der Waals surface area contributed by atoms with E-state index < -0.39 is 17.2 Å². The van der Waals surface area contributed by atoms with Gasteiger partial charge in [-0.1, -0.05) is 18.2 Å². The monoisotopic (exact) mass is 228 g/mol. The molecule has 15 heavy (non-hydrogen) atoms. The summed E-state index contributed by atoms with van der Waals surface area (Å²) < 4.78 is 27.3. The molecule has 0 amide bonds. The molecule has 0 heterocycles. The Morgan fingerprint density at radius 1 is 1.53 bits per heavy atom. The van der Waals surface area contributed by atoms with Crippen LogP contribution in [0.3, 0.4) is 0 Å². The predicted octanol–water partition coefficient (Wildman–Crippen LogP) is 0.357. The summed E-state index contributed by atoms with van der Waals surface area (Å²) in [6.45, 7) is 0.0708. The van der Waals surface area contributed by atoms with Crippen molar-refractivity contribution in [3.05, 3.63) is 35.4 Å². The van der Waals surface area contributed by atoms with E-state index in [1.54, 1.807) is 24.3 Å². The van der Waals surface area contributed by atoms with Crippen molar-refractivity contribution < 1.29 is 18.3 Å². The van der Waals surface area contributed by atoms with Gasteiger partial charge in [0.2, 0.25) is 0 Å². The first-order valence-corrected chi connectivity index (χ1v) is 5.21. The van der Waals surface area contributed by atoms with Crippen molar-refractivity contribution in [2.75, 3.05) is 7.11 Å². The highest BCUT2D eigenvalue weighted by Crippen LogP contribution is 2.09. The molecule has 0 aliphatic rings. The molecule has 0 fully saturated rings. The summed E-state index contributed by atoms with van der Waals surface area (Å²) in [7, 11) is 1.28. The molecule has 0 aliphatic carbocycles. The van der Waals surface area contributed by atoms with Crippen LogP contribution in [0.1, 0.15) is 15.9 Å². The molecule has 0 bridgehead atoms.